The summed E-state index contributed by atoms with van der Waals surface area (Å²) < 4.78 is 7.57. The first-order valence-electron chi connectivity index (χ1n) is 9.05. The average molecular weight is 419 g/mol. The molecule has 1 aromatic heterocycles. The summed E-state index contributed by atoms with van der Waals surface area (Å²) in [6.07, 6.45) is 2.22. The number of nitriles is 1. The van der Waals surface area contributed by atoms with Crippen LogP contribution in [0.2, 0.25) is 5.02 Å². The maximum Gasteiger partial charge on any atom is 0.234 e. The minimum Gasteiger partial charge on any atom is -0.378 e. The molecule has 1 aromatic carbocycles. The van der Waals surface area contributed by atoms with Crippen molar-refractivity contribution in [3.8, 4) is 6.07 Å². The molecule has 2 heterocycles. The third-order valence-electron chi connectivity index (χ3n) is 4.56. The zero-order valence-corrected chi connectivity index (χ0v) is 16.7. The fourth-order valence-corrected chi connectivity index (χ4v) is 4.03. The van der Waals surface area contributed by atoms with Crippen molar-refractivity contribution in [1.82, 2.24) is 14.8 Å². The Morgan fingerprint density at radius 1 is 1.36 bits per heavy atom. The summed E-state index contributed by atoms with van der Waals surface area (Å²) in [5.41, 5.74) is 0.939. The third-order valence-corrected chi connectivity index (χ3v) is 5.81. The number of nitrogens with zero attached hydrogens (tertiary/aromatic N) is 5. The summed E-state index contributed by atoms with van der Waals surface area (Å²) in [6, 6.07) is 7.23. The molecule has 0 bridgehead atoms. The van der Waals surface area contributed by atoms with Gasteiger partial charge in [-0.1, -0.05) is 23.4 Å². The molecule has 28 heavy (non-hydrogen) atoms. The van der Waals surface area contributed by atoms with Crippen LogP contribution in [0, 0.1) is 11.3 Å². The molecule has 1 N–H and O–H groups in total. The monoisotopic (exact) mass is 418 g/mol. The van der Waals surface area contributed by atoms with Gasteiger partial charge in [-0.15, -0.1) is 10.2 Å². The third kappa shape index (κ3) is 4.24. The smallest absolute Gasteiger partial charge is 0.234 e. The predicted molar refractivity (Wildman–Crippen MR) is 107 cm³/mol. The summed E-state index contributed by atoms with van der Waals surface area (Å²) in [7, 11) is 0. The summed E-state index contributed by atoms with van der Waals surface area (Å²) in [5, 5.41) is 21.5. The van der Waals surface area contributed by atoms with Crippen LogP contribution < -0.4 is 10.2 Å². The van der Waals surface area contributed by atoms with Gasteiger partial charge in [0.2, 0.25) is 11.9 Å². The maximum atomic E-state index is 12.3. The number of thioether (sulfide) groups is 1. The van der Waals surface area contributed by atoms with Crippen LogP contribution in [0.3, 0.4) is 0 Å². The molecule has 2 fully saturated rings. The highest BCUT2D eigenvalue weighted by atomic mass is 35.5. The van der Waals surface area contributed by atoms with Gasteiger partial charge < -0.3 is 15.0 Å². The highest BCUT2D eigenvalue weighted by molar-refractivity contribution is 7.99. The molecule has 1 amide bonds. The van der Waals surface area contributed by atoms with Gasteiger partial charge in [0.1, 0.15) is 6.07 Å². The molecule has 4 rings (SSSR count). The van der Waals surface area contributed by atoms with Gasteiger partial charge >= 0.3 is 0 Å². The van der Waals surface area contributed by atoms with Gasteiger partial charge in [0, 0.05) is 24.8 Å². The SMILES string of the molecule is N#Cc1ccc(NC(=O)CSc2nnc(N3CCOCC3)n2C2CC2)cc1Cl. The number of halogens is 1. The van der Waals surface area contributed by atoms with Crippen molar-refractivity contribution in [3.05, 3.63) is 28.8 Å². The van der Waals surface area contributed by atoms with Crippen molar-refractivity contribution in [3.63, 3.8) is 0 Å². The Balaban J connectivity index is 1.40. The van der Waals surface area contributed by atoms with Crippen molar-refractivity contribution in [2.45, 2.75) is 24.0 Å². The molecule has 1 saturated carbocycles. The van der Waals surface area contributed by atoms with Gasteiger partial charge in [0.25, 0.3) is 0 Å². The number of ether oxygens (including phenoxy) is 1. The fraction of sp³-hybridized carbons (Fsp3) is 0.444. The summed E-state index contributed by atoms with van der Waals surface area (Å²) in [4.78, 5) is 14.5. The van der Waals surface area contributed by atoms with Crippen LogP contribution in [0.5, 0.6) is 0 Å². The average Bonchev–Trinajstić information content (AvgIpc) is 3.46. The highest BCUT2D eigenvalue weighted by Gasteiger charge is 2.32. The number of amides is 1. The number of hydrogen-bond donors (Lipinski definition) is 1. The number of aromatic nitrogens is 3. The number of anilines is 2. The van der Waals surface area contributed by atoms with Gasteiger partial charge in [0.15, 0.2) is 5.16 Å². The minimum absolute atomic E-state index is 0.163. The molecule has 1 aliphatic carbocycles. The Hall–Kier alpha value is -2.28. The number of benzene rings is 1. The number of carbonyl (C=O) groups is 1. The van der Waals surface area contributed by atoms with Crippen molar-refractivity contribution in [1.29, 1.82) is 5.26 Å². The minimum atomic E-state index is -0.163. The van der Waals surface area contributed by atoms with Crippen LogP contribution in [0.1, 0.15) is 24.4 Å². The summed E-state index contributed by atoms with van der Waals surface area (Å²) in [5.74, 6) is 0.919. The molecule has 1 saturated heterocycles. The molecule has 0 spiro atoms. The van der Waals surface area contributed by atoms with Gasteiger partial charge in [-0.2, -0.15) is 5.26 Å². The van der Waals surface area contributed by atoms with Crippen LogP contribution in [0.4, 0.5) is 11.6 Å². The standard InChI is InChI=1S/C18H19ClN6O2S/c19-15-9-13(2-1-12(15)10-20)21-16(26)11-28-18-23-22-17(25(18)14-3-4-14)24-5-7-27-8-6-24/h1-2,9,14H,3-8,11H2,(H,21,26). The Morgan fingerprint density at radius 2 is 2.14 bits per heavy atom. The van der Waals surface area contributed by atoms with Crippen LogP contribution >= 0.6 is 23.4 Å². The van der Waals surface area contributed by atoms with Crippen LogP contribution in [-0.4, -0.2) is 52.7 Å². The number of rotatable bonds is 6. The number of hydrogen-bond acceptors (Lipinski definition) is 7. The first kappa shape index (κ1) is 19.1. The summed E-state index contributed by atoms with van der Waals surface area (Å²) >= 11 is 7.38. The number of nitrogens with one attached hydrogen (secondary N) is 1. The van der Waals surface area contributed by atoms with E-state index in [4.69, 9.17) is 21.6 Å². The summed E-state index contributed by atoms with van der Waals surface area (Å²) in [6.45, 7) is 2.98. The van der Waals surface area contributed by atoms with Crippen LogP contribution in [0.15, 0.2) is 23.4 Å². The molecule has 0 atom stereocenters. The largest absolute Gasteiger partial charge is 0.378 e. The molecular weight excluding hydrogens is 400 g/mol. The van der Waals surface area contributed by atoms with Gasteiger partial charge in [0.05, 0.1) is 29.6 Å². The van der Waals surface area contributed by atoms with Crippen LogP contribution in [-0.2, 0) is 9.53 Å². The Labute approximate surface area is 171 Å². The Kier molecular flexibility index (Phi) is 5.71. The van der Waals surface area contributed by atoms with E-state index in [1.54, 1.807) is 18.2 Å². The molecule has 0 unspecified atom stereocenters. The lowest BCUT2D eigenvalue weighted by atomic mass is 10.2. The quantitative estimate of drug-likeness (QED) is 0.720. The van der Waals surface area contributed by atoms with E-state index in [0.29, 0.717) is 35.5 Å². The van der Waals surface area contributed by atoms with E-state index in [0.717, 1.165) is 37.0 Å². The van der Waals surface area contributed by atoms with E-state index < -0.39 is 0 Å². The second kappa shape index (κ2) is 8.39. The second-order valence-corrected chi connectivity index (χ2v) is 7.98. The van der Waals surface area contributed by atoms with Gasteiger partial charge in [-0.3, -0.25) is 9.36 Å². The molecule has 146 valence electrons. The van der Waals surface area contributed by atoms with Crippen LogP contribution in [0.25, 0.3) is 0 Å². The van der Waals surface area contributed by atoms with E-state index >= 15 is 0 Å². The lowest BCUT2D eigenvalue weighted by molar-refractivity contribution is -0.113. The normalized spacial score (nSPS) is 16.6. The maximum absolute atomic E-state index is 12.3. The second-order valence-electron chi connectivity index (χ2n) is 6.63. The molecule has 8 nitrogen and oxygen atoms in total. The van der Waals surface area contributed by atoms with Crippen molar-refractivity contribution in [2.75, 3.05) is 42.3 Å². The molecule has 2 aromatic rings. The fourth-order valence-electron chi connectivity index (χ4n) is 3.01. The molecular formula is C18H19ClN6O2S. The predicted octanol–water partition coefficient (Wildman–Crippen LogP) is 2.71. The van der Waals surface area contributed by atoms with Crippen molar-refractivity contribution in [2.24, 2.45) is 0 Å². The number of morpholine rings is 1. The van der Waals surface area contributed by atoms with E-state index in [1.807, 2.05) is 6.07 Å². The lowest BCUT2D eigenvalue weighted by Gasteiger charge is -2.27. The highest BCUT2D eigenvalue weighted by Crippen LogP contribution is 2.41. The van der Waals surface area contributed by atoms with Gasteiger partial charge in [-0.05, 0) is 31.0 Å². The molecule has 2 aliphatic rings. The van der Waals surface area contributed by atoms with E-state index in [9.17, 15) is 4.79 Å². The zero-order valence-electron chi connectivity index (χ0n) is 15.1. The van der Waals surface area contributed by atoms with Crippen molar-refractivity contribution < 1.29 is 9.53 Å². The van der Waals surface area contributed by atoms with Gasteiger partial charge in [-0.25, -0.2) is 0 Å². The molecule has 1 aliphatic heterocycles. The van der Waals surface area contributed by atoms with E-state index in [2.05, 4.69) is 25.0 Å². The Bertz CT molecular complexity index is 917. The lowest BCUT2D eigenvalue weighted by Crippen LogP contribution is -2.38. The zero-order chi connectivity index (χ0) is 19.5. The molecule has 10 heteroatoms. The topological polar surface area (TPSA) is 96.1 Å². The first-order valence-corrected chi connectivity index (χ1v) is 10.4. The van der Waals surface area contributed by atoms with E-state index in [-0.39, 0.29) is 11.7 Å². The molecule has 0 radical (unpaired) electrons. The van der Waals surface area contributed by atoms with Crippen molar-refractivity contribution >= 4 is 40.9 Å². The number of carbonyl (C=O) groups excluding carboxylic acids is 1. The Morgan fingerprint density at radius 3 is 2.82 bits per heavy atom. The van der Waals surface area contributed by atoms with E-state index in [1.165, 1.54) is 11.8 Å². The first-order chi connectivity index (χ1) is 13.7.